The van der Waals surface area contributed by atoms with Crippen LogP contribution in [0.1, 0.15) is 33.6 Å². The maximum Gasteiger partial charge on any atom is 0.341 e. The molecule has 1 saturated carbocycles. The molecule has 2 aromatic rings. The van der Waals surface area contributed by atoms with E-state index in [1.807, 2.05) is 6.92 Å². The summed E-state index contributed by atoms with van der Waals surface area (Å²) in [5.74, 6) is -0.931. The Morgan fingerprint density at radius 1 is 1.26 bits per heavy atom. The summed E-state index contributed by atoms with van der Waals surface area (Å²) in [6.45, 7) is 3.18. The predicted molar refractivity (Wildman–Crippen MR) is 103 cm³/mol. The molecule has 0 aromatic carbocycles. The summed E-state index contributed by atoms with van der Waals surface area (Å²) in [6.07, 6.45) is 3.14. The lowest BCUT2D eigenvalue weighted by Crippen LogP contribution is -2.22. The zero-order valence-corrected chi connectivity index (χ0v) is 16.4. The summed E-state index contributed by atoms with van der Waals surface area (Å²) in [4.78, 5) is 41.3. The van der Waals surface area contributed by atoms with Crippen LogP contribution in [0.15, 0.2) is 18.3 Å². The number of esters is 1. The molecule has 2 heterocycles. The van der Waals surface area contributed by atoms with E-state index < -0.39 is 18.5 Å². The van der Waals surface area contributed by atoms with Gasteiger partial charge >= 0.3 is 5.97 Å². The summed E-state index contributed by atoms with van der Waals surface area (Å²) in [5, 5.41) is 6.23. The van der Waals surface area contributed by atoms with Gasteiger partial charge in [0.2, 0.25) is 5.91 Å². The fraction of sp³-hybridized carbons (Fsp3) is 0.333. The Morgan fingerprint density at radius 3 is 2.63 bits per heavy atom. The van der Waals surface area contributed by atoms with Crippen LogP contribution in [0.3, 0.4) is 0 Å². The highest BCUT2D eigenvalue weighted by molar-refractivity contribution is 7.16. The lowest BCUT2D eigenvalue weighted by atomic mass is 10.1. The average Bonchev–Trinajstić information content (AvgIpc) is 3.43. The molecule has 0 unspecified atom stereocenters. The summed E-state index contributed by atoms with van der Waals surface area (Å²) in [7, 11) is 0. The molecule has 3 rings (SSSR count). The normalized spacial score (nSPS) is 13.1. The van der Waals surface area contributed by atoms with Gasteiger partial charge in [-0.25, -0.2) is 9.78 Å². The zero-order chi connectivity index (χ0) is 19.6. The number of pyridine rings is 1. The maximum absolute atomic E-state index is 12.5. The fourth-order valence-electron chi connectivity index (χ4n) is 2.35. The number of aromatic nitrogens is 1. The SMILES string of the molecule is Cc1sc(NC(=O)C2CC2)c(C(=O)OCC(=O)Nc2ccc(Cl)cn2)c1C. The fourth-order valence-corrected chi connectivity index (χ4v) is 3.52. The molecule has 2 amide bonds. The van der Waals surface area contributed by atoms with Gasteiger partial charge in [-0.1, -0.05) is 11.6 Å². The van der Waals surface area contributed by atoms with Crippen molar-refractivity contribution in [2.75, 3.05) is 17.2 Å². The second kappa shape index (κ2) is 8.06. The van der Waals surface area contributed by atoms with Crippen LogP contribution in [0.25, 0.3) is 0 Å². The maximum atomic E-state index is 12.5. The monoisotopic (exact) mass is 407 g/mol. The number of anilines is 2. The first-order valence-corrected chi connectivity index (χ1v) is 9.54. The third-order valence-corrected chi connectivity index (χ3v) is 5.45. The zero-order valence-electron chi connectivity index (χ0n) is 14.8. The van der Waals surface area contributed by atoms with Crippen LogP contribution in [0.4, 0.5) is 10.8 Å². The number of nitrogens with one attached hydrogen (secondary N) is 2. The number of ether oxygens (including phenoxy) is 1. The van der Waals surface area contributed by atoms with E-state index in [0.717, 1.165) is 23.3 Å². The molecule has 1 aliphatic carbocycles. The van der Waals surface area contributed by atoms with Crippen molar-refractivity contribution < 1.29 is 19.1 Å². The summed E-state index contributed by atoms with van der Waals surface area (Å²) >= 11 is 7.06. The van der Waals surface area contributed by atoms with Crippen LogP contribution in [-0.4, -0.2) is 29.4 Å². The van der Waals surface area contributed by atoms with Crippen molar-refractivity contribution in [2.24, 2.45) is 5.92 Å². The number of hydrogen-bond acceptors (Lipinski definition) is 6. The molecular weight excluding hydrogens is 390 g/mol. The van der Waals surface area contributed by atoms with Gasteiger partial charge in [-0.15, -0.1) is 11.3 Å². The van der Waals surface area contributed by atoms with E-state index in [-0.39, 0.29) is 11.8 Å². The van der Waals surface area contributed by atoms with Gasteiger partial charge in [0.25, 0.3) is 5.91 Å². The van der Waals surface area contributed by atoms with Crippen molar-refractivity contribution in [3.63, 3.8) is 0 Å². The third kappa shape index (κ3) is 4.84. The summed E-state index contributed by atoms with van der Waals surface area (Å²) < 4.78 is 5.13. The molecule has 0 bridgehead atoms. The third-order valence-electron chi connectivity index (χ3n) is 4.10. The average molecular weight is 408 g/mol. The summed E-state index contributed by atoms with van der Waals surface area (Å²) in [5.41, 5.74) is 1.03. The molecule has 27 heavy (non-hydrogen) atoms. The molecule has 1 fully saturated rings. The Morgan fingerprint density at radius 2 is 2.00 bits per heavy atom. The Hall–Kier alpha value is -2.45. The first kappa shape index (κ1) is 19.3. The lowest BCUT2D eigenvalue weighted by Gasteiger charge is -2.08. The van der Waals surface area contributed by atoms with Crippen molar-refractivity contribution in [3.05, 3.63) is 39.4 Å². The van der Waals surface area contributed by atoms with E-state index in [1.165, 1.54) is 17.5 Å². The molecule has 2 aromatic heterocycles. The molecule has 142 valence electrons. The minimum absolute atomic E-state index is 0.0224. The topological polar surface area (TPSA) is 97.4 Å². The van der Waals surface area contributed by atoms with Crippen molar-refractivity contribution in [2.45, 2.75) is 26.7 Å². The van der Waals surface area contributed by atoms with Crippen LogP contribution in [0.2, 0.25) is 5.02 Å². The smallest absolute Gasteiger partial charge is 0.341 e. The Labute approximate surface area is 165 Å². The van der Waals surface area contributed by atoms with Gasteiger partial charge in [-0.05, 0) is 44.4 Å². The number of rotatable bonds is 6. The highest BCUT2D eigenvalue weighted by Crippen LogP contribution is 2.36. The van der Waals surface area contributed by atoms with Crippen LogP contribution < -0.4 is 10.6 Å². The second-order valence-corrected chi connectivity index (χ2v) is 7.90. The van der Waals surface area contributed by atoms with E-state index in [2.05, 4.69) is 15.6 Å². The lowest BCUT2D eigenvalue weighted by molar-refractivity contribution is -0.119. The van der Waals surface area contributed by atoms with Crippen LogP contribution in [0.5, 0.6) is 0 Å². The number of aryl methyl sites for hydroxylation is 1. The number of nitrogens with zero attached hydrogens (tertiary/aromatic N) is 1. The van der Waals surface area contributed by atoms with Gasteiger partial charge in [0.05, 0.1) is 10.6 Å². The number of hydrogen-bond donors (Lipinski definition) is 2. The Kier molecular flexibility index (Phi) is 5.76. The van der Waals surface area contributed by atoms with Crippen molar-refractivity contribution in [1.29, 1.82) is 0 Å². The van der Waals surface area contributed by atoms with Gasteiger partial charge in [0.15, 0.2) is 6.61 Å². The largest absolute Gasteiger partial charge is 0.452 e. The van der Waals surface area contributed by atoms with E-state index in [9.17, 15) is 14.4 Å². The Balaban J connectivity index is 1.62. The van der Waals surface area contributed by atoms with Gasteiger partial charge in [-0.3, -0.25) is 9.59 Å². The Bertz CT molecular complexity index is 891. The molecule has 0 saturated heterocycles. The van der Waals surface area contributed by atoms with Gasteiger partial charge < -0.3 is 15.4 Å². The molecule has 1 aliphatic rings. The van der Waals surface area contributed by atoms with Gasteiger partial charge in [0, 0.05) is 17.0 Å². The minimum atomic E-state index is -0.651. The molecule has 0 aliphatic heterocycles. The molecule has 9 heteroatoms. The number of thiophene rings is 1. The van der Waals surface area contributed by atoms with Crippen LogP contribution in [0, 0.1) is 19.8 Å². The van der Waals surface area contributed by atoms with Crippen LogP contribution in [-0.2, 0) is 14.3 Å². The number of carbonyl (C=O) groups is 3. The van der Waals surface area contributed by atoms with Crippen LogP contribution >= 0.6 is 22.9 Å². The van der Waals surface area contributed by atoms with Crippen molar-refractivity contribution in [1.82, 2.24) is 4.98 Å². The minimum Gasteiger partial charge on any atom is -0.452 e. The van der Waals surface area contributed by atoms with E-state index in [1.54, 1.807) is 19.1 Å². The van der Waals surface area contributed by atoms with E-state index >= 15 is 0 Å². The van der Waals surface area contributed by atoms with Gasteiger partial charge in [0.1, 0.15) is 10.8 Å². The van der Waals surface area contributed by atoms with Crippen molar-refractivity contribution in [3.8, 4) is 0 Å². The van der Waals surface area contributed by atoms with Crippen molar-refractivity contribution >= 4 is 51.5 Å². The summed E-state index contributed by atoms with van der Waals surface area (Å²) in [6, 6.07) is 3.13. The second-order valence-electron chi connectivity index (χ2n) is 6.24. The number of amides is 2. The molecule has 0 atom stereocenters. The number of carbonyl (C=O) groups excluding carboxylic acids is 3. The van der Waals surface area contributed by atoms with E-state index in [4.69, 9.17) is 16.3 Å². The first-order chi connectivity index (χ1) is 12.8. The molecule has 0 spiro atoms. The molecule has 2 N–H and O–H groups in total. The molecule has 0 radical (unpaired) electrons. The predicted octanol–water partition coefficient (Wildman–Crippen LogP) is 3.56. The molecule has 7 nitrogen and oxygen atoms in total. The molecular formula is C18H18ClN3O4S. The standard InChI is InChI=1S/C18H18ClN3O4S/c1-9-10(2)27-17(22-16(24)11-3-4-11)15(9)18(25)26-8-14(23)21-13-6-5-12(19)7-20-13/h5-7,11H,3-4,8H2,1-2H3,(H,22,24)(H,20,21,23). The van der Waals surface area contributed by atoms with Gasteiger partial charge in [-0.2, -0.15) is 0 Å². The first-order valence-electron chi connectivity index (χ1n) is 8.34. The van der Waals surface area contributed by atoms with E-state index in [0.29, 0.717) is 21.4 Å². The highest BCUT2D eigenvalue weighted by atomic mass is 35.5. The number of halogens is 1. The highest BCUT2D eigenvalue weighted by Gasteiger charge is 2.31. The quantitative estimate of drug-likeness (QED) is 0.713.